The zero-order valence-electron chi connectivity index (χ0n) is 13.4. The Hall–Kier alpha value is -3.04. The molecular formula is C19H14N2O3S. The monoisotopic (exact) mass is 350 g/mol. The van der Waals surface area contributed by atoms with E-state index in [2.05, 4.69) is 10.8 Å². The molecule has 0 aliphatic carbocycles. The fourth-order valence-corrected chi connectivity index (χ4v) is 3.56. The van der Waals surface area contributed by atoms with Crippen LogP contribution in [-0.4, -0.2) is 23.4 Å². The summed E-state index contributed by atoms with van der Waals surface area (Å²) in [5.74, 6) is -0.412. The molecule has 0 aliphatic rings. The second-order valence-electron chi connectivity index (χ2n) is 5.18. The molecule has 2 aromatic carbocycles. The topological polar surface area (TPSA) is 72.1 Å². The Morgan fingerprint density at radius 3 is 2.40 bits per heavy atom. The van der Waals surface area contributed by atoms with Crippen molar-refractivity contribution in [2.45, 2.75) is 5.03 Å². The Bertz CT molecular complexity index is 1040. The van der Waals surface area contributed by atoms with Crippen molar-refractivity contribution in [3.63, 3.8) is 0 Å². The van der Waals surface area contributed by atoms with Gasteiger partial charge in [0, 0.05) is 16.5 Å². The van der Waals surface area contributed by atoms with Crippen LogP contribution in [0.4, 0.5) is 0 Å². The molecule has 0 amide bonds. The molecule has 0 spiro atoms. The molecule has 0 radical (unpaired) electrons. The number of fused-ring (bicyclic) bond motifs is 1. The lowest BCUT2D eigenvalue weighted by atomic mass is 10.1. The highest BCUT2D eigenvalue weighted by molar-refractivity contribution is 8.00. The quantitative estimate of drug-likeness (QED) is 0.534. The molecule has 0 N–H and O–H groups in total. The second-order valence-corrected chi connectivity index (χ2v) is 6.14. The number of nitriles is 1. The number of carbonyl (C=O) groups excluding carboxylic acids is 1. The summed E-state index contributed by atoms with van der Waals surface area (Å²) in [5, 5.41) is 11.2. The molecular weight excluding hydrogens is 336 g/mol. The summed E-state index contributed by atoms with van der Waals surface area (Å²) in [6.07, 6.45) is 0. The molecule has 1 aromatic heterocycles. The molecule has 0 saturated carbocycles. The van der Waals surface area contributed by atoms with Gasteiger partial charge in [-0.3, -0.25) is 14.2 Å². The van der Waals surface area contributed by atoms with E-state index in [0.717, 1.165) is 11.8 Å². The lowest BCUT2D eigenvalue weighted by Gasteiger charge is -2.16. The van der Waals surface area contributed by atoms with Crippen LogP contribution in [-0.2, 0) is 9.53 Å². The minimum atomic E-state index is -0.422. The average Bonchev–Trinajstić information content (AvgIpc) is 2.67. The summed E-state index contributed by atoms with van der Waals surface area (Å²) in [7, 11) is 1.30. The third kappa shape index (κ3) is 3.14. The average molecular weight is 350 g/mol. The SMILES string of the molecule is COC(=O)CSc1c(C#N)c2ccccc2c(=O)n1-c1ccccc1. The first-order valence-corrected chi connectivity index (χ1v) is 8.49. The Labute approximate surface area is 148 Å². The van der Waals surface area contributed by atoms with Crippen LogP contribution in [0.3, 0.4) is 0 Å². The van der Waals surface area contributed by atoms with Crippen LogP contribution in [0, 0.1) is 11.3 Å². The summed E-state index contributed by atoms with van der Waals surface area (Å²) in [5.41, 5.74) is 0.781. The van der Waals surface area contributed by atoms with Crippen molar-refractivity contribution < 1.29 is 9.53 Å². The summed E-state index contributed by atoms with van der Waals surface area (Å²) < 4.78 is 6.16. The number of rotatable bonds is 4. The van der Waals surface area contributed by atoms with E-state index in [0.29, 0.717) is 27.0 Å². The number of hydrogen-bond donors (Lipinski definition) is 0. The molecule has 0 atom stereocenters. The smallest absolute Gasteiger partial charge is 0.316 e. The molecule has 3 aromatic rings. The van der Waals surface area contributed by atoms with Gasteiger partial charge in [0.25, 0.3) is 5.56 Å². The van der Waals surface area contributed by atoms with E-state index >= 15 is 0 Å². The first-order valence-electron chi connectivity index (χ1n) is 7.50. The van der Waals surface area contributed by atoms with Crippen molar-refractivity contribution in [3.05, 3.63) is 70.5 Å². The van der Waals surface area contributed by atoms with Crippen LogP contribution in [0.5, 0.6) is 0 Å². The van der Waals surface area contributed by atoms with Gasteiger partial charge >= 0.3 is 5.97 Å². The molecule has 124 valence electrons. The highest BCUT2D eigenvalue weighted by Crippen LogP contribution is 2.29. The number of aromatic nitrogens is 1. The first-order chi connectivity index (χ1) is 12.2. The van der Waals surface area contributed by atoms with E-state index in [-0.39, 0.29) is 11.3 Å². The van der Waals surface area contributed by atoms with E-state index in [1.54, 1.807) is 36.4 Å². The summed E-state index contributed by atoms with van der Waals surface area (Å²) >= 11 is 1.12. The molecule has 5 nitrogen and oxygen atoms in total. The Morgan fingerprint density at radius 1 is 1.12 bits per heavy atom. The van der Waals surface area contributed by atoms with E-state index in [1.165, 1.54) is 11.7 Å². The van der Waals surface area contributed by atoms with Crippen LogP contribution >= 0.6 is 11.8 Å². The van der Waals surface area contributed by atoms with Gasteiger partial charge in [0.15, 0.2) is 0 Å². The van der Waals surface area contributed by atoms with Gasteiger partial charge in [0.05, 0.1) is 18.4 Å². The minimum Gasteiger partial charge on any atom is -0.468 e. The predicted molar refractivity (Wildman–Crippen MR) is 97.0 cm³/mol. The van der Waals surface area contributed by atoms with Crippen molar-refractivity contribution in [1.82, 2.24) is 4.57 Å². The number of nitrogens with zero attached hydrogens (tertiary/aromatic N) is 2. The van der Waals surface area contributed by atoms with Crippen LogP contribution in [0.1, 0.15) is 5.56 Å². The molecule has 0 unspecified atom stereocenters. The van der Waals surface area contributed by atoms with Gasteiger partial charge in [-0.25, -0.2) is 0 Å². The van der Waals surface area contributed by atoms with Gasteiger partial charge in [0.2, 0.25) is 0 Å². The Balaban J connectivity index is 2.34. The number of pyridine rings is 1. The number of esters is 1. The fraction of sp³-hybridized carbons (Fsp3) is 0.105. The van der Waals surface area contributed by atoms with Gasteiger partial charge in [-0.1, -0.05) is 48.2 Å². The lowest BCUT2D eigenvalue weighted by Crippen LogP contribution is -2.22. The third-order valence-electron chi connectivity index (χ3n) is 3.73. The molecule has 6 heteroatoms. The fourth-order valence-electron chi connectivity index (χ4n) is 2.57. The minimum absolute atomic E-state index is 0.00972. The van der Waals surface area contributed by atoms with Crippen LogP contribution in [0.25, 0.3) is 16.5 Å². The van der Waals surface area contributed by atoms with E-state index in [9.17, 15) is 14.9 Å². The lowest BCUT2D eigenvalue weighted by molar-refractivity contribution is -0.137. The zero-order chi connectivity index (χ0) is 17.8. The van der Waals surface area contributed by atoms with Gasteiger partial charge in [0.1, 0.15) is 11.1 Å². The Morgan fingerprint density at radius 2 is 1.76 bits per heavy atom. The first kappa shape index (κ1) is 16.8. The number of hydrogen-bond acceptors (Lipinski definition) is 5. The summed E-state index contributed by atoms with van der Waals surface area (Å²) in [4.78, 5) is 24.6. The molecule has 0 fully saturated rings. The van der Waals surface area contributed by atoms with Crippen molar-refractivity contribution >= 4 is 28.5 Å². The number of methoxy groups -OCH3 is 1. The predicted octanol–water partition coefficient (Wildman–Crippen LogP) is 3.13. The standard InChI is InChI=1S/C19H14N2O3S/c1-24-17(22)12-25-19-16(11-20)14-9-5-6-10-15(14)18(23)21(19)13-7-3-2-4-8-13/h2-10H,12H2,1H3. The van der Waals surface area contributed by atoms with Crippen molar-refractivity contribution in [1.29, 1.82) is 5.26 Å². The zero-order valence-corrected chi connectivity index (χ0v) is 14.2. The van der Waals surface area contributed by atoms with Gasteiger partial charge in [-0.05, 0) is 18.2 Å². The number of para-hydroxylation sites is 1. The molecule has 25 heavy (non-hydrogen) atoms. The molecule has 1 heterocycles. The molecule has 0 saturated heterocycles. The van der Waals surface area contributed by atoms with Gasteiger partial charge < -0.3 is 4.74 Å². The largest absolute Gasteiger partial charge is 0.468 e. The number of ether oxygens (including phenoxy) is 1. The van der Waals surface area contributed by atoms with Crippen molar-refractivity contribution in [2.75, 3.05) is 12.9 Å². The van der Waals surface area contributed by atoms with Gasteiger partial charge in [-0.2, -0.15) is 5.26 Å². The third-order valence-corrected chi connectivity index (χ3v) is 4.77. The van der Waals surface area contributed by atoms with E-state index in [1.807, 2.05) is 18.2 Å². The molecule has 0 aliphatic heterocycles. The molecule has 3 rings (SSSR count). The maximum atomic E-state index is 13.1. The summed E-state index contributed by atoms with van der Waals surface area (Å²) in [6, 6.07) is 18.2. The number of benzene rings is 2. The second kappa shape index (κ2) is 7.24. The summed E-state index contributed by atoms with van der Waals surface area (Å²) in [6.45, 7) is 0. The van der Waals surface area contributed by atoms with E-state index in [4.69, 9.17) is 0 Å². The number of carbonyl (C=O) groups is 1. The number of thioether (sulfide) groups is 1. The van der Waals surface area contributed by atoms with Gasteiger partial charge in [-0.15, -0.1) is 0 Å². The highest BCUT2D eigenvalue weighted by atomic mass is 32.2. The maximum Gasteiger partial charge on any atom is 0.316 e. The van der Waals surface area contributed by atoms with Crippen molar-refractivity contribution in [3.8, 4) is 11.8 Å². The highest BCUT2D eigenvalue weighted by Gasteiger charge is 2.19. The van der Waals surface area contributed by atoms with Crippen LogP contribution in [0.15, 0.2) is 64.4 Å². The molecule has 0 bridgehead atoms. The van der Waals surface area contributed by atoms with E-state index < -0.39 is 5.97 Å². The van der Waals surface area contributed by atoms with Crippen LogP contribution in [0.2, 0.25) is 0 Å². The van der Waals surface area contributed by atoms with Crippen LogP contribution < -0.4 is 5.56 Å². The Kier molecular flexibility index (Phi) is 4.87. The maximum absolute atomic E-state index is 13.1. The van der Waals surface area contributed by atoms with Crippen molar-refractivity contribution in [2.24, 2.45) is 0 Å². The normalized spacial score (nSPS) is 10.4.